The molecule has 0 bridgehead atoms. The molecular weight excluding hydrogens is 231 g/mol. The van der Waals surface area contributed by atoms with Gasteiger partial charge in [-0.2, -0.15) is 0 Å². The van der Waals surface area contributed by atoms with Crippen LogP contribution >= 0.6 is 0 Å². The molecule has 0 aliphatic heterocycles. The first-order chi connectivity index (χ1) is 8.69. The van der Waals surface area contributed by atoms with Gasteiger partial charge < -0.3 is 5.11 Å². The number of phenols is 1. The molecule has 0 heterocycles. The van der Waals surface area contributed by atoms with Gasteiger partial charge in [-0.3, -0.25) is 4.79 Å². The lowest BCUT2D eigenvalue weighted by Crippen LogP contribution is -1.82. The summed E-state index contributed by atoms with van der Waals surface area (Å²) in [5.74, 6) is -0.316. The third-order valence-electron chi connectivity index (χ3n) is 2.52. The molecule has 0 atom stereocenters. The van der Waals surface area contributed by atoms with E-state index in [-0.39, 0.29) is 17.1 Å². The van der Waals surface area contributed by atoms with Gasteiger partial charge in [-0.05, 0) is 35.4 Å². The number of aromatic hydroxyl groups is 1. The Balaban J connectivity index is 2.23. The van der Waals surface area contributed by atoms with Crippen molar-refractivity contribution in [3.8, 4) is 5.75 Å². The zero-order chi connectivity index (χ0) is 13.0. The van der Waals surface area contributed by atoms with Crippen molar-refractivity contribution in [2.75, 3.05) is 0 Å². The standard InChI is InChI=1S/C15H11FO2/c16-14-6-3-11(4-7-14)1-2-12-5-8-15(18)13(9-12)10-17/h1-10,18H/b2-1+. The highest BCUT2D eigenvalue weighted by Crippen LogP contribution is 2.18. The number of aldehydes is 1. The Morgan fingerprint density at radius 2 is 1.56 bits per heavy atom. The van der Waals surface area contributed by atoms with Crippen LogP contribution in [0.3, 0.4) is 0 Å². The summed E-state index contributed by atoms with van der Waals surface area (Å²) in [4.78, 5) is 10.7. The minimum Gasteiger partial charge on any atom is -0.507 e. The summed E-state index contributed by atoms with van der Waals surface area (Å²) < 4.78 is 12.7. The number of benzene rings is 2. The fourth-order valence-corrected chi connectivity index (χ4v) is 1.54. The molecule has 2 nitrogen and oxygen atoms in total. The fourth-order valence-electron chi connectivity index (χ4n) is 1.54. The fraction of sp³-hybridized carbons (Fsp3) is 0. The highest BCUT2D eigenvalue weighted by atomic mass is 19.1. The summed E-state index contributed by atoms with van der Waals surface area (Å²) >= 11 is 0. The molecule has 3 heteroatoms. The van der Waals surface area contributed by atoms with Gasteiger partial charge in [0.15, 0.2) is 6.29 Å². The summed E-state index contributed by atoms with van der Waals surface area (Å²) in [6.07, 6.45) is 4.20. The second-order valence-corrected chi connectivity index (χ2v) is 3.82. The average molecular weight is 242 g/mol. The highest BCUT2D eigenvalue weighted by Gasteiger charge is 1.99. The van der Waals surface area contributed by atoms with Gasteiger partial charge in [0.2, 0.25) is 0 Å². The first-order valence-corrected chi connectivity index (χ1v) is 5.41. The molecule has 0 aromatic heterocycles. The monoisotopic (exact) mass is 242 g/mol. The van der Waals surface area contributed by atoms with E-state index in [9.17, 15) is 14.3 Å². The van der Waals surface area contributed by atoms with Crippen molar-refractivity contribution in [3.63, 3.8) is 0 Å². The quantitative estimate of drug-likeness (QED) is 0.660. The lowest BCUT2D eigenvalue weighted by molar-refractivity contribution is 0.112. The number of rotatable bonds is 3. The normalized spacial score (nSPS) is 10.7. The van der Waals surface area contributed by atoms with Crippen LogP contribution in [0.5, 0.6) is 5.75 Å². The van der Waals surface area contributed by atoms with Crippen LogP contribution in [0.4, 0.5) is 4.39 Å². The van der Waals surface area contributed by atoms with Crippen molar-refractivity contribution in [2.24, 2.45) is 0 Å². The van der Waals surface area contributed by atoms with Crippen molar-refractivity contribution in [2.45, 2.75) is 0 Å². The summed E-state index contributed by atoms with van der Waals surface area (Å²) in [5, 5.41) is 9.35. The zero-order valence-corrected chi connectivity index (χ0v) is 9.51. The van der Waals surface area contributed by atoms with Crippen LogP contribution in [0.1, 0.15) is 21.5 Å². The van der Waals surface area contributed by atoms with E-state index in [2.05, 4.69) is 0 Å². The molecule has 90 valence electrons. The Kier molecular flexibility index (Phi) is 3.53. The number of hydrogen-bond acceptors (Lipinski definition) is 2. The molecule has 0 amide bonds. The number of carbonyl (C=O) groups is 1. The van der Waals surface area contributed by atoms with E-state index in [1.807, 2.05) is 0 Å². The van der Waals surface area contributed by atoms with E-state index < -0.39 is 0 Å². The van der Waals surface area contributed by atoms with E-state index in [1.54, 1.807) is 36.4 Å². The number of carbonyl (C=O) groups excluding carboxylic acids is 1. The predicted octanol–water partition coefficient (Wildman–Crippen LogP) is 3.51. The minimum atomic E-state index is -0.278. The van der Waals surface area contributed by atoms with Crippen molar-refractivity contribution < 1.29 is 14.3 Å². The van der Waals surface area contributed by atoms with Gasteiger partial charge in [-0.25, -0.2) is 4.39 Å². The molecular formula is C15H11FO2. The number of phenolic OH excluding ortho intramolecular Hbond substituents is 1. The summed E-state index contributed by atoms with van der Waals surface area (Å²) in [6.45, 7) is 0. The Morgan fingerprint density at radius 3 is 2.22 bits per heavy atom. The SMILES string of the molecule is O=Cc1cc(/C=C/c2ccc(F)cc2)ccc1O. The Bertz CT molecular complexity index is 586. The van der Waals surface area contributed by atoms with Gasteiger partial charge in [0.25, 0.3) is 0 Å². The Hall–Kier alpha value is -2.42. The number of hydrogen-bond donors (Lipinski definition) is 1. The van der Waals surface area contributed by atoms with Crippen LogP contribution in [0, 0.1) is 5.82 Å². The van der Waals surface area contributed by atoms with Gasteiger partial charge in [0, 0.05) is 0 Å². The van der Waals surface area contributed by atoms with E-state index in [0.717, 1.165) is 11.1 Å². The first kappa shape index (κ1) is 12.0. The van der Waals surface area contributed by atoms with Crippen LogP contribution in [0.15, 0.2) is 42.5 Å². The van der Waals surface area contributed by atoms with Gasteiger partial charge >= 0.3 is 0 Å². The first-order valence-electron chi connectivity index (χ1n) is 5.41. The van der Waals surface area contributed by atoms with Crippen LogP contribution in [-0.4, -0.2) is 11.4 Å². The lowest BCUT2D eigenvalue weighted by Gasteiger charge is -1.99. The van der Waals surface area contributed by atoms with E-state index in [4.69, 9.17) is 0 Å². The van der Waals surface area contributed by atoms with E-state index >= 15 is 0 Å². The molecule has 1 N–H and O–H groups in total. The molecule has 18 heavy (non-hydrogen) atoms. The number of halogens is 1. The van der Waals surface area contributed by atoms with Crippen molar-refractivity contribution >= 4 is 18.4 Å². The van der Waals surface area contributed by atoms with Crippen LogP contribution in [-0.2, 0) is 0 Å². The van der Waals surface area contributed by atoms with E-state index in [1.165, 1.54) is 18.2 Å². The molecule has 0 fully saturated rings. The molecule has 0 spiro atoms. The average Bonchev–Trinajstić information content (AvgIpc) is 2.39. The second kappa shape index (κ2) is 5.27. The summed E-state index contributed by atoms with van der Waals surface area (Å²) in [6, 6.07) is 10.8. The van der Waals surface area contributed by atoms with Gasteiger partial charge in [0.05, 0.1) is 5.56 Å². The second-order valence-electron chi connectivity index (χ2n) is 3.82. The molecule has 0 radical (unpaired) electrons. The third-order valence-corrected chi connectivity index (χ3v) is 2.52. The molecule has 0 saturated carbocycles. The highest BCUT2D eigenvalue weighted by molar-refractivity contribution is 5.81. The largest absolute Gasteiger partial charge is 0.507 e. The molecule has 2 aromatic carbocycles. The zero-order valence-electron chi connectivity index (χ0n) is 9.51. The van der Waals surface area contributed by atoms with Crippen LogP contribution in [0.2, 0.25) is 0 Å². The van der Waals surface area contributed by atoms with Crippen molar-refractivity contribution in [1.29, 1.82) is 0 Å². The van der Waals surface area contributed by atoms with Gasteiger partial charge in [0.1, 0.15) is 11.6 Å². The molecule has 0 unspecified atom stereocenters. The Morgan fingerprint density at radius 1 is 0.944 bits per heavy atom. The molecule has 2 rings (SSSR count). The smallest absolute Gasteiger partial charge is 0.153 e. The summed E-state index contributed by atoms with van der Waals surface area (Å²) in [5.41, 5.74) is 1.90. The topological polar surface area (TPSA) is 37.3 Å². The van der Waals surface area contributed by atoms with Crippen molar-refractivity contribution in [3.05, 3.63) is 65.0 Å². The molecule has 2 aromatic rings. The van der Waals surface area contributed by atoms with Crippen LogP contribution < -0.4 is 0 Å². The van der Waals surface area contributed by atoms with E-state index in [0.29, 0.717) is 6.29 Å². The third kappa shape index (κ3) is 2.83. The predicted molar refractivity (Wildman–Crippen MR) is 68.8 cm³/mol. The maximum absolute atomic E-state index is 12.7. The van der Waals surface area contributed by atoms with Gasteiger partial charge in [-0.1, -0.05) is 30.4 Å². The molecule has 0 aliphatic carbocycles. The van der Waals surface area contributed by atoms with Gasteiger partial charge in [-0.15, -0.1) is 0 Å². The minimum absolute atomic E-state index is 0.0380. The van der Waals surface area contributed by atoms with Crippen LogP contribution in [0.25, 0.3) is 12.2 Å². The maximum atomic E-state index is 12.7. The molecule has 0 saturated heterocycles. The lowest BCUT2D eigenvalue weighted by atomic mass is 10.1. The molecule has 0 aliphatic rings. The summed E-state index contributed by atoms with van der Waals surface area (Å²) in [7, 11) is 0. The maximum Gasteiger partial charge on any atom is 0.153 e. The van der Waals surface area contributed by atoms with Crippen molar-refractivity contribution in [1.82, 2.24) is 0 Å². The Labute approximate surface area is 104 Å².